The average Bonchev–Trinajstić information content (AvgIpc) is 3.21. The van der Waals surface area contributed by atoms with Crippen LogP contribution in [0.1, 0.15) is 28.2 Å². The molecule has 3 aromatic rings. The van der Waals surface area contributed by atoms with Crippen molar-refractivity contribution in [2.24, 2.45) is 0 Å². The standard InChI is InChI=1S/C22H28ClN3O3S/c1-15-12-18(16(2)25(15)8-5-10-28-3)21(27)14-30-22-24-19-13-17(23)6-7-20(19)26(22)9-11-29-4/h6-7,12-13H,5,8-11,14H2,1-4H3. The third-order valence-corrected chi connectivity index (χ3v) is 6.34. The number of fused-ring (bicyclic) bond motifs is 1. The lowest BCUT2D eigenvalue weighted by molar-refractivity contribution is 0.102. The number of rotatable bonds is 11. The molecule has 0 aliphatic carbocycles. The lowest BCUT2D eigenvalue weighted by Crippen LogP contribution is -2.09. The molecule has 0 aliphatic rings. The second-order valence-electron chi connectivity index (χ2n) is 7.17. The largest absolute Gasteiger partial charge is 0.385 e. The van der Waals surface area contributed by atoms with Gasteiger partial charge in [0.25, 0.3) is 0 Å². The van der Waals surface area contributed by atoms with Crippen LogP contribution in [0.15, 0.2) is 29.4 Å². The van der Waals surface area contributed by atoms with Crippen molar-refractivity contribution in [2.75, 3.05) is 33.2 Å². The molecular formula is C22H28ClN3O3S. The number of benzene rings is 1. The van der Waals surface area contributed by atoms with Gasteiger partial charge >= 0.3 is 0 Å². The number of ether oxygens (including phenoxy) is 2. The average molecular weight is 450 g/mol. The number of Topliss-reactive ketones (excluding diaryl/α,β-unsaturated/α-hetero) is 1. The summed E-state index contributed by atoms with van der Waals surface area (Å²) in [5.74, 6) is 0.432. The van der Waals surface area contributed by atoms with Crippen molar-refractivity contribution in [2.45, 2.75) is 38.5 Å². The zero-order valence-corrected chi connectivity index (χ0v) is 19.5. The summed E-state index contributed by atoms with van der Waals surface area (Å²) in [5.41, 5.74) is 4.69. The molecule has 0 fully saturated rings. The van der Waals surface area contributed by atoms with Gasteiger partial charge in [0.05, 0.1) is 23.4 Å². The number of aryl methyl sites for hydroxylation is 1. The molecule has 2 heterocycles. The molecule has 8 heteroatoms. The van der Waals surface area contributed by atoms with Gasteiger partial charge in [0.2, 0.25) is 0 Å². The number of hydrogen-bond donors (Lipinski definition) is 0. The van der Waals surface area contributed by atoms with Crippen LogP contribution in [0, 0.1) is 13.8 Å². The van der Waals surface area contributed by atoms with Crippen LogP contribution >= 0.6 is 23.4 Å². The first kappa shape index (κ1) is 22.9. The molecule has 0 unspecified atom stereocenters. The zero-order chi connectivity index (χ0) is 21.7. The fraction of sp³-hybridized carbons (Fsp3) is 0.455. The molecular weight excluding hydrogens is 422 g/mol. The summed E-state index contributed by atoms with van der Waals surface area (Å²) < 4.78 is 14.7. The van der Waals surface area contributed by atoms with E-state index in [4.69, 9.17) is 26.1 Å². The summed E-state index contributed by atoms with van der Waals surface area (Å²) in [6.07, 6.45) is 0.918. The van der Waals surface area contributed by atoms with Crippen molar-refractivity contribution in [3.63, 3.8) is 0 Å². The van der Waals surface area contributed by atoms with Gasteiger partial charge in [0.1, 0.15) is 0 Å². The van der Waals surface area contributed by atoms with E-state index in [0.717, 1.165) is 46.1 Å². The first-order valence-electron chi connectivity index (χ1n) is 9.92. The minimum absolute atomic E-state index is 0.106. The molecule has 0 aliphatic heterocycles. The Bertz CT molecular complexity index is 1030. The van der Waals surface area contributed by atoms with E-state index in [1.165, 1.54) is 11.8 Å². The number of hydrogen-bond acceptors (Lipinski definition) is 5. The highest BCUT2D eigenvalue weighted by Gasteiger charge is 2.18. The van der Waals surface area contributed by atoms with Gasteiger partial charge in [0, 0.05) is 55.9 Å². The quantitative estimate of drug-likeness (QED) is 0.240. The first-order valence-corrected chi connectivity index (χ1v) is 11.3. The molecule has 6 nitrogen and oxygen atoms in total. The Kier molecular flexibility index (Phi) is 7.99. The molecule has 30 heavy (non-hydrogen) atoms. The lowest BCUT2D eigenvalue weighted by Gasteiger charge is -2.10. The number of halogens is 1. The van der Waals surface area contributed by atoms with Crippen molar-refractivity contribution in [1.29, 1.82) is 0 Å². The predicted octanol–water partition coefficient (Wildman–Crippen LogP) is 4.77. The lowest BCUT2D eigenvalue weighted by atomic mass is 10.2. The summed E-state index contributed by atoms with van der Waals surface area (Å²) in [7, 11) is 3.38. The highest BCUT2D eigenvalue weighted by molar-refractivity contribution is 7.99. The van der Waals surface area contributed by atoms with Crippen molar-refractivity contribution < 1.29 is 14.3 Å². The van der Waals surface area contributed by atoms with Crippen LogP contribution in [0.5, 0.6) is 0 Å². The van der Waals surface area contributed by atoms with Crippen molar-refractivity contribution in [3.8, 4) is 0 Å². The second kappa shape index (κ2) is 10.5. The molecule has 0 radical (unpaired) electrons. The SMILES string of the molecule is COCCCn1c(C)cc(C(=O)CSc2nc3cc(Cl)ccc3n2CCOC)c1C. The smallest absolute Gasteiger partial charge is 0.175 e. The molecule has 1 aromatic carbocycles. The third-order valence-electron chi connectivity index (χ3n) is 5.13. The van der Waals surface area contributed by atoms with Crippen LogP contribution in [-0.4, -0.2) is 53.1 Å². The Morgan fingerprint density at radius 3 is 2.60 bits per heavy atom. The van der Waals surface area contributed by atoms with Crippen LogP contribution in [0.25, 0.3) is 11.0 Å². The monoisotopic (exact) mass is 449 g/mol. The van der Waals surface area contributed by atoms with E-state index in [0.29, 0.717) is 30.5 Å². The van der Waals surface area contributed by atoms with Crippen molar-refractivity contribution >= 4 is 40.2 Å². The van der Waals surface area contributed by atoms with Crippen LogP contribution in [0.4, 0.5) is 0 Å². The number of thioether (sulfide) groups is 1. The number of methoxy groups -OCH3 is 2. The van der Waals surface area contributed by atoms with E-state index < -0.39 is 0 Å². The molecule has 0 saturated heterocycles. The van der Waals surface area contributed by atoms with E-state index in [9.17, 15) is 4.79 Å². The van der Waals surface area contributed by atoms with E-state index in [1.807, 2.05) is 38.1 Å². The van der Waals surface area contributed by atoms with Gasteiger partial charge in [0.15, 0.2) is 10.9 Å². The molecule has 3 rings (SSSR count). The van der Waals surface area contributed by atoms with E-state index in [2.05, 4.69) is 9.13 Å². The molecule has 2 aromatic heterocycles. The van der Waals surface area contributed by atoms with Gasteiger partial charge in [-0.3, -0.25) is 4.79 Å². The molecule has 0 bridgehead atoms. The maximum Gasteiger partial charge on any atom is 0.175 e. The van der Waals surface area contributed by atoms with Crippen LogP contribution in [-0.2, 0) is 22.6 Å². The number of ketones is 1. The van der Waals surface area contributed by atoms with Gasteiger partial charge in [-0.1, -0.05) is 23.4 Å². The van der Waals surface area contributed by atoms with Gasteiger partial charge in [-0.15, -0.1) is 0 Å². The van der Waals surface area contributed by atoms with Gasteiger partial charge < -0.3 is 18.6 Å². The highest BCUT2D eigenvalue weighted by atomic mass is 35.5. The number of imidazole rings is 1. The van der Waals surface area contributed by atoms with Gasteiger partial charge in [-0.25, -0.2) is 4.98 Å². The fourth-order valence-corrected chi connectivity index (χ4v) is 4.68. The van der Waals surface area contributed by atoms with Crippen LogP contribution < -0.4 is 0 Å². The fourth-order valence-electron chi connectivity index (χ4n) is 3.59. The second-order valence-corrected chi connectivity index (χ2v) is 8.55. The van der Waals surface area contributed by atoms with E-state index in [1.54, 1.807) is 14.2 Å². The summed E-state index contributed by atoms with van der Waals surface area (Å²) in [5, 5.41) is 1.44. The summed E-state index contributed by atoms with van der Waals surface area (Å²) in [6, 6.07) is 7.64. The highest BCUT2D eigenvalue weighted by Crippen LogP contribution is 2.27. The third kappa shape index (κ3) is 5.09. The molecule has 0 amide bonds. The Morgan fingerprint density at radius 1 is 1.10 bits per heavy atom. The molecule has 0 atom stereocenters. The minimum Gasteiger partial charge on any atom is -0.385 e. The Balaban J connectivity index is 1.77. The number of carbonyl (C=O) groups is 1. The first-order chi connectivity index (χ1) is 14.5. The molecule has 0 N–H and O–H groups in total. The number of carbonyl (C=O) groups excluding carboxylic acids is 1. The van der Waals surface area contributed by atoms with E-state index >= 15 is 0 Å². The van der Waals surface area contributed by atoms with Gasteiger partial charge in [-0.2, -0.15) is 0 Å². The number of nitrogens with zero attached hydrogens (tertiary/aromatic N) is 3. The van der Waals surface area contributed by atoms with Crippen LogP contribution in [0.3, 0.4) is 0 Å². The number of aromatic nitrogens is 3. The molecule has 162 valence electrons. The van der Waals surface area contributed by atoms with Gasteiger partial charge in [-0.05, 0) is 44.5 Å². The Hall–Kier alpha value is -1.80. The predicted molar refractivity (Wildman–Crippen MR) is 122 cm³/mol. The maximum atomic E-state index is 13.0. The summed E-state index contributed by atoms with van der Waals surface area (Å²) in [6.45, 7) is 6.83. The van der Waals surface area contributed by atoms with Crippen molar-refractivity contribution in [3.05, 3.63) is 46.2 Å². The summed E-state index contributed by atoms with van der Waals surface area (Å²) in [4.78, 5) is 17.7. The summed E-state index contributed by atoms with van der Waals surface area (Å²) >= 11 is 7.58. The Labute approximate surface area is 186 Å². The van der Waals surface area contributed by atoms with Crippen LogP contribution in [0.2, 0.25) is 5.02 Å². The normalized spacial score (nSPS) is 11.5. The minimum atomic E-state index is 0.106. The topological polar surface area (TPSA) is 58.3 Å². The van der Waals surface area contributed by atoms with E-state index in [-0.39, 0.29) is 5.78 Å². The zero-order valence-electron chi connectivity index (χ0n) is 17.9. The van der Waals surface area contributed by atoms with Crippen molar-refractivity contribution in [1.82, 2.24) is 14.1 Å². The maximum absolute atomic E-state index is 13.0. The Morgan fingerprint density at radius 2 is 1.87 bits per heavy atom. The molecule has 0 spiro atoms. The molecule has 0 saturated carbocycles.